The molecule has 0 spiro atoms. The maximum atomic E-state index is 11.3. The lowest BCUT2D eigenvalue weighted by Crippen LogP contribution is -2.10. The summed E-state index contributed by atoms with van der Waals surface area (Å²) in [6.45, 7) is 2.01. The molecule has 3 heteroatoms. The SMILES string of the molecule is COc1cccc2c1C(C(C)=O)CO2. The zero-order valence-electron chi connectivity index (χ0n) is 8.24. The molecule has 1 unspecified atom stereocenters. The average Bonchev–Trinajstić information content (AvgIpc) is 2.60. The van der Waals surface area contributed by atoms with Gasteiger partial charge in [0.05, 0.1) is 13.0 Å². The summed E-state index contributed by atoms with van der Waals surface area (Å²) in [6.07, 6.45) is 0. The van der Waals surface area contributed by atoms with Gasteiger partial charge in [0.2, 0.25) is 0 Å². The Morgan fingerprint density at radius 2 is 2.36 bits per heavy atom. The minimum Gasteiger partial charge on any atom is -0.496 e. The Bertz CT molecular complexity index is 371. The molecular weight excluding hydrogens is 180 g/mol. The quantitative estimate of drug-likeness (QED) is 0.716. The molecular formula is C11H12O3. The van der Waals surface area contributed by atoms with Gasteiger partial charge in [0.15, 0.2) is 0 Å². The molecule has 1 aliphatic rings. The van der Waals surface area contributed by atoms with Crippen LogP contribution in [0.5, 0.6) is 11.5 Å². The van der Waals surface area contributed by atoms with Crippen molar-refractivity contribution in [2.45, 2.75) is 12.8 Å². The van der Waals surface area contributed by atoms with E-state index in [1.807, 2.05) is 18.2 Å². The van der Waals surface area contributed by atoms with Crippen molar-refractivity contribution in [2.75, 3.05) is 13.7 Å². The van der Waals surface area contributed by atoms with Crippen LogP contribution in [-0.4, -0.2) is 19.5 Å². The van der Waals surface area contributed by atoms with Gasteiger partial charge in [-0.1, -0.05) is 6.07 Å². The van der Waals surface area contributed by atoms with Crippen molar-refractivity contribution in [3.8, 4) is 11.5 Å². The third-order valence-electron chi connectivity index (χ3n) is 2.49. The van der Waals surface area contributed by atoms with Gasteiger partial charge in [-0.2, -0.15) is 0 Å². The van der Waals surface area contributed by atoms with Gasteiger partial charge in [-0.3, -0.25) is 4.79 Å². The second-order valence-corrected chi connectivity index (χ2v) is 3.35. The Morgan fingerprint density at radius 1 is 1.57 bits per heavy atom. The first kappa shape index (κ1) is 9.06. The standard InChI is InChI=1S/C11H12O3/c1-7(12)8-6-14-10-5-3-4-9(13-2)11(8)10/h3-5,8H,6H2,1-2H3. The number of rotatable bonds is 2. The van der Waals surface area contributed by atoms with Crippen LogP contribution in [0.25, 0.3) is 0 Å². The van der Waals surface area contributed by atoms with Crippen LogP contribution in [0.3, 0.4) is 0 Å². The van der Waals surface area contributed by atoms with Crippen LogP contribution in [0.1, 0.15) is 18.4 Å². The molecule has 1 aromatic rings. The van der Waals surface area contributed by atoms with Crippen molar-refractivity contribution >= 4 is 5.78 Å². The number of hydrogen-bond donors (Lipinski definition) is 0. The molecule has 0 saturated heterocycles. The minimum atomic E-state index is -0.166. The highest BCUT2D eigenvalue weighted by Crippen LogP contribution is 2.40. The van der Waals surface area contributed by atoms with Gasteiger partial charge in [0.1, 0.15) is 23.9 Å². The number of Topliss-reactive ketones (excluding diaryl/α,β-unsaturated/α-hetero) is 1. The van der Waals surface area contributed by atoms with E-state index in [4.69, 9.17) is 9.47 Å². The van der Waals surface area contributed by atoms with Gasteiger partial charge in [-0.05, 0) is 19.1 Å². The molecule has 1 heterocycles. The molecule has 0 aromatic heterocycles. The molecule has 1 aromatic carbocycles. The zero-order valence-corrected chi connectivity index (χ0v) is 8.24. The van der Waals surface area contributed by atoms with E-state index >= 15 is 0 Å². The fraction of sp³-hybridized carbons (Fsp3) is 0.364. The molecule has 0 saturated carbocycles. The Balaban J connectivity index is 2.50. The van der Waals surface area contributed by atoms with E-state index in [0.29, 0.717) is 6.61 Å². The lowest BCUT2D eigenvalue weighted by molar-refractivity contribution is -0.118. The predicted molar refractivity (Wildman–Crippen MR) is 51.9 cm³/mol. The van der Waals surface area contributed by atoms with Crippen molar-refractivity contribution in [2.24, 2.45) is 0 Å². The van der Waals surface area contributed by atoms with Gasteiger partial charge in [0, 0.05) is 5.56 Å². The van der Waals surface area contributed by atoms with Gasteiger partial charge in [-0.25, -0.2) is 0 Å². The number of benzene rings is 1. The average molecular weight is 192 g/mol. The fourth-order valence-corrected chi connectivity index (χ4v) is 1.75. The van der Waals surface area contributed by atoms with Gasteiger partial charge >= 0.3 is 0 Å². The molecule has 0 fully saturated rings. The highest BCUT2D eigenvalue weighted by molar-refractivity contribution is 5.86. The Hall–Kier alpha value is -1.51. The van der Waals surface area contributed by atoms with E-state index in [-0.39, 0.29) is 11.7 Å². The van der Waals surface area contributed by atoms with Crippen molar-refractivity contribution in [3.63, 3.8) is 0 Å². The lowest BCUT2D eigenvalue weighted by Gasteiger charge is -2.08. The normalized spacial score (nSPS) is 18.6. The summed E-state index contributed by atoms with van der Waals surface area (Å²) in [5, 5.41) is 0. The molecule has 3 nitrogen and oxygen atoms in total. The minimum absolute atomic E-state index is 0.119. The first-order valence-electron chi connectivity index (χ1n) is 4.54. The van der Waals surface area contributed by atoms with Crippen LogP contribution in [0.4, 0.5) is 0 Å². The summed E-state index contributed by atoms with van der Waals surface area (Å²) in [4.78, 5) is 11.3. The highest BCUT2D eigenvalue weighted by atomic mass is 16.5. The van der Waals surface area contributed by atoms with Crippen LogP contribution in [0, 0.1) is 0 Å². The third kappa shape index (κ3) is 1.25. The summed E-state index contributed by atoms with van der Waals surface area (Å²) < 4.78 is 10.6. The number of carbonyl (C=O) groups excluding carboxylic acids is 1. The van der Waals surface area contributed by atoms with E-state index in [2.05, 4.69) is 0 Å². The summed E-state index contributed by atoms with van der Waals surface area (Å²) in [5.41, 5.74) is 0.891. The summed E-state index contributed by atoms with van der Waals surface area (Å²) in [6, 6.07) is 5.57. The van der Waals surface area contributed by atoms with Crippen LogP contribution in [0.2, 0.25) is 0 Å². The van der Waals surface area contributed by atoms with Gasteiger partial charge in [-0.15, -0.1) is 0 Å². The predicted octanol–water partition coefficient (Wildman–Crippen LogP) is 1.76. The lowest BCUT2D eigenvalue weighted by atomic mass is 9.97. The van der Waals surface area contributed by atoms with Crippen LogP contribution in [0.15, 0.2) is 18.2 Å². The molecule has 1 atom stereocenters. The van der Waals surface area contributed by atoms with Crippen LogP contribution in [-0.2, 0) is 4.79 Å². The Morgan fingerprint density at radius 3 is 3.00 bits per heavy atom. The summed E-state index contributed by atoms with van der Waals surface area (Å²) in [7, 11) is 1.60. The molecule has 0 N–H and O–H groups in total. The second-order valence-electron chi connectivity index (χ2n) is 3.35. The Kier molecular flexibility index (Phi) is 2.15. The van der Waals surface area contributed by atoms with E-state index in [1.165, 1.54) is 0 Å². The van der Waals surface area contributed by atoms with Crippen LogP contribution < -0.4 is 9.47 Å². The number of methoxy groups -OCH3 is 1. The Labute approximate surface area is 82.6 Å². The molecule has 0 aliphatic carbocycles. The molecule has 74 valence electrons. The van der Waals surface area contributed by atoms with Crippen molar-refractivity contribution < 1.29 is 14.3 Å². The monoisotopic (exact) mass is 192 g/mol. The number of ether oxygens (including phenoxy) is 2. The number of hydrogen-bond acceptors (Lipinski definition) is 3. The number of ketones is 1. The zero-order chi connectivity index (χ0) is 10.1. The van der Waals surface area contributed by atoms with Crippen LogP contribution >= 0.6 is 0 Å². The topological polar surface area (TPSA) is 35.5 Å². The van der Waals surface area contributed by atoms with Crippen molar-refractivity contribution in [1.82, 2.24) is 0 Å². The maximum absolute atomic E-state index is 11.3. The van der Waals surface area contributed by atoms with Gasteiger partial charge in [0.25, 0.3) is 0 Å². The summed E-state index contributed by atoms with van der Waals surface area (Å²) >= 11 is 0. The first-order valence-corrected chi connectivity index (χ1v) is 4.54. The summed E-state index contributed by atoms with van der Waals surface area (Å²) in [5.74, 6) is 1.46. The molecule has 14 heavy (non-hydrogen) atoms. The first-order chi connectivity index (χ1) is 6.74. The fourth-order valence-electron chi connectivity index (χ4n) is 1.75. The maximum Gasteiger partial charge on any atom is 0.140 e. The molecule has 0 amide bonds. The molecule has 1 aliphatic heterocycles. The highest BCUT2D eigenvalue weighted by Gasteiger charge is 2.30. The smallest absolute Gasteiger partial charge is 0.140 e. The number of fused-ring (bicyclic) bond motifs is 1. The molecule has 0 bridgehead atoms. The van der Waals surface area contributed by atoms with E-state index < -0.39 is 0 Å². The van der Waals surface area contributed by atoms with Gasteiger partial charge < -0.3 is 9.47 Å². The van der Waals surface area contributed by atoms with Crippen molar-refractivity contribution in [3.05, 3.63) is 23.8 Å². The van der Waals surface area contributed by atoms with Crippen molar-refractivity contribution in [1.29, 1.82) is 0 Å². The number of carbonyl (C=O) groups is 1. The molecule has 2 rings (SSSR count). The van der Waals surface area contributed by atoms with E-state index in [1.54, 1.807) is 14.0 Å². The van der Waals surface area contributed by atoms with E-state index in [0.717, 1.165) is 17.1 Å². The largest absolute Gasteiger partial charge is 0.496 e. The second kappa shape index (κ2) is 3.33. The molecule has 0 radical (unpaired) electrons. The van der Waals surface area contributed by atoms with E-state index in [9.17, 15) is 4.79 Å². The third-order valence-corrected chi connectivity index (χ3v) is 2.49.